The van der Waals surface area contributed by atoms with Crippen LogP contribution < -0.4 is 10.1 Å². The topological polar surface area (TPSA) is 41.5 Å². The Hall–Kier alpha value is -2.00. The zero-order valence-corrected chi connectivity index (χ0v) is 11.3. The van der Waals surface area contributed by atoms with E-state index in [0.717, 1.165) is 29.0 Å². The van der Waals surface area contributed by atoms with Crippen LogP contribution in [-0.2, 0) is 13.2 Å². The lowest BCUT2D eigenvalue weighted by Gasteiger charge is -2.14. The number of hydrogen-bond donors (Lipinski definition) is 2. The molecular weight excluding hydrogens is 238 g/mol. The van der Waals surface area contributed by atoms with Gasteiger partial charge in [-0.25, -0.2) is 0 Å². The first-order valence-electron chi connectivity index (χ1n) is 6.34. The van der Waals surface area contributed by atoms with Crippen LogP contribution in [0.2, 0.25) is 0 Å². The minimum Gasteiger partial charge on any atom is -0.508 e. The standard InChI is InChI=1S/C16H19NO2/c1-12-4-3-5-14(10-17-2)16(12)19-11-13-6-8-15(18)9-7-13/h3-9,17-18H,10-11H2,1-2H3. The zero-order valence-electron chi connectivity index (χ0n) is 11.3. The van der Waals surface area contributed by atoms with Crippen LogP contribution in [0.5, 0.6) is 11.5 Å². The Bertz CT molecular complexity index is 535. The van der Waals surface area contributed by atoms with Crippen molar-refractivity contribution >= 4 is 0 Å². The molecule has 0 amide bonds. The largest absolute Gasteiger partial charge is 0.508 e. The fourth-order valence-corrected chi connectivity index (χ4v) is 2.00. The molecule has 0 radical (unpaired) electrons. The highest BCUT2D eigenvalue weighted by Crippen LogP contribution is 2.24. The van der Waals surface area contributed by atoms with Gasteiger partial charge in [0.1, 0.15) is 18.1 Å². The first-order valence-corrected chi connectivity index (χ1v) is 6.34. The summed E-state index contributed by atoms with van der Waals surface area (Å²) >= 11 is 0. The summed E-state index contributed by atoms with van der Waals surface area (Å²) in [7, 11) is 1.92. The van der Waals surface area contributed by atoms with Crippen LogP contribution in [0.1, 0.15) is 16.7 Å². The second-order valence-corrected chi connectivity index (χ2v) is 4.55. The molecule has 0 bridgehead atoms. The minimum absolute atomic E-state index is 0.274. The number of para-hydroxylation sites is 1. The Morgan fingerprint density at radius 3 is 2.53 bits per heavy atom. The molecule has 0 aliphatic heterocycles. The van der Waals surface area contributed by atoms with Crippen molar-refractivity contribution in [3.8, 4) is 11.5 Å². The van der Waals surface area contributed by atoms with Gasteiger partial charge in [-0.2, -0.15) is 0 Å². The quantitative estimate of drug-likeness (QED) is 0.865. The number of phenols is 1. The van der Waals surface area contributed by atoms with Crippen molar-refractivity contribution in [2.75, 3.05) is 7.05 Å². The molecule has 0 aliphatic carbocycles. The molecule has 3 heteroatoms. The highest BCUT2D eigenvalue weighted by atomic mass is 16.5. The molecule has 0 spiro atoms. The van der Waals surface area contributed by atoms with E-state index in [1.165, 1.54) is 0 Å². The molecule has 0 saturated carbocycles. The summed E-state index contributed by atoms with van der Waals surface area (Å²) in [5, 5.41) is 12.4. The third kappa shape index (κ3) is 3.48. The summed E-state index contributed by atoms with van der Waals surface area (Å²) in [4.78, 5) is 0. The van der Waals surface area contributed by atoms with Gasteiger partial charge in [0.05, 0.1) is 0 Å². The fraction of sp³-hybridized carbons (Fsp3) is 0.250. The van der Waals surface area contributed by atoms with Crippen LogP contribution in [0.3, 0.4) is 0 Å². The number of aromatic hydroxyl groups is 1. The van der Waals surface area contributed by atoms with Crippen molar-refractivity contribution in [2.45, 2.75) is 20.1 Å². The molecule has 2 aromatic rings. The van der Waals surface area contributed by atoms with Crippen LogP contribution in [0.4, 0.5) is 0 Å². The second-order valence-electron chi connectivity index (χ2n) is 4.55. The SMILES string of the molecule is CNCc1cccc(C)c1OCc1ccc(O)cc1. The third-order valence-electron chi connectivity index (χ3n) is 2.98. The van der Waals surface area contributed by atoms with Gasteiger partial charge in [0.15, 0.2) is 0 Å². The molecule has 0 aliphatic rings. The Labute approximate surface area is 113 Å². The molecule has 0 saturated heterocycles. The first kappa shape index (κ1) is 13.4. The minimum atomic E-state index is 0.274. The number of aryl methyl sites for hydroxylation is 1. The fourth-order valence-electron chi connectivity index (χ4n) is 2.00. The van der Waals surface area contributed by atoms with Crippen molar-refractivity contribution in [2.24, 2.45) is 0 Å². The van der Waals surface area contributed by atoms with Crippen molar-refractivity contribution in [3.05, 3.63) is 59.2 Å². The Morgan fingerprint density at radius 2 is 1.84 bits per heavy atom. The van der Waals surface area contributed by atoms with Crippen LogP contribution >= 0.6 is 0 Å². The van der Waals surface area contributed by atoms with E-state index in [-0.39, 0.29) is 5.75 Å². The predicted octanol–water partition coefficient (Wildman–Crippen LogP) is 3.00. The second kappa shape index (κ2) is 6.25. The molecule has 0 aromatic heterocycles. The van der Waals surface area contributed by atoms with Gasteiger partial charge in [0.2, 0.25) is 0 Å². The van der Waals surface area contributed by atoms with Crippen molar-refractivity contribution in [3.63, 3.8) is 0 Å². The smallest absolute Gasteiger partial charge is 0.127 e. The summed E-state index contributed by atoms with van der Waals surface area (Å²) in [6.07, 6.45) is 0. The molecular formula is C16H19NO2. The maximum atomic E-state index is 9.25. The van der Waals surface area contributed by atoms with Gasteiger partial charge in [-0.15, -0.1) is 0 Å². The zero-order chi connectivity index (χ0) is 13.7. The summed E-state index contributed by atoms with van der Waals surface area (Å²) in [6, 6.07) is 13.2. The Morgan fingerprint density at radius 1 is 1.11 bits per heavy atom. The number of phenolic OH excluding ortho intramolecular Hbond substituents is 1. The van der Waals surface area contributed by atoms with Gasteiger partial charge in [-0.1, -0.05) is 30.3 Å². The van der Waals surface area contributed by atoms with Crippen molar-refractivity contribution in [1.82, 2.24) is 5.32 Å². The maximum Gasteiger partial charge on any atom is 0.127 e. The average molecular weight is 257 g/mol. The first-order chi connectivity index (χ1) is 9.20. The van der Waals surface area contributed by atoms with E-state index in [1.807, 2.05) is 38.2 Å². The molecule has 0 atom stereocenters. The molecule has 0 fully saturated rings. The van der Waals surface area contributed by atoms with E-state index < -0.39 is 0 Å². The van der Waals surface area contributed by atoms with E-state index >= 15 is 0 Å². The van der Waals surface area contributed by atoms with Gasteiger partial charge >= 0.3 is 0 Å². The molecule has 0 unspecified atom stereocenters. The summed E-state index contributed by atoms with van der Waals surface area (Å²) in [5.41, 5.74) is 3.32. The van der Waals surface area contributed by atoms with Crippen molar-refractivity contribution < 1.29 is 9.84 Å². The highest BCUT2D eigenvalue weighted by Gasteiger charge is 2.06. The molecule has 0 heterocycles. The number of benzene rings is 2. The van der Waals surface area contributed by atoms with Crippen molar-refractivity contribution in [1.29, 1.82) is 0 Å². The number of nitrogens with one attached hydrogen (secondary N) is 1. The Balaban J connectivity index is 2.12. The van der Waals surface area contributed by atoms with E-state index in [1.54, 1.807) is 12.1 Å². The predicted molar refractivity (Wildman–Crippen MR) is 76.4 cm³/mol. The summed E-state index contributed by atoms with van der Waals surface area (Å²) in [5.74, 6) is 1.21. The van der Waals surface area contributed by atoms with E-state index in [2.05, 4.69) is 11.4 Å². The number of rotatable bonds is 5. The maximum absolute atomic E-state index is 9.25. The lowest BCUT2D eigenvalue weighted by molar-refractivity contribution is 0.300. The molecule has 3 nitrogen and oxygen atoms in total. The monoisotopic (exact) mass is 257 g/mol. The molecule has 19 heavy (non-hydrogen) atoms. The van der Waals surface area contributed by atoms with E-state index in [4.69, 9.17) is 4.74 Å². The van der Waals surface area contributed by atoms with Crippen LogP contribution in [-0.4, -0.2) is 12.2 Å². The number of ether oxygens (including phenoxy) is 1. The molecule has 2 rings (SSSR count). The van der Waals surface area contributed by atoms with Gasteiger partial charge in [-0.3, -0.25) is 0 Å². The van der Waals surface area contributed by atoms with Crippen LogP contribution in [0.25, 0.3) is 0 Å². The lowest BCUT2D eigenvalue weighted by atomic mass is 10.1. The highest BCUT2D eigenvalue weighted by molar-refractivity contribution is 5.41. The Kier molecular flexibility index (Phi) is 4.42. The number of hydrogen-bond acceptors (Lipinski definition) is 3. The van der Waals surface area contributed by atoms with Gasteiger partial charge < -0.3 is 15.2 Å². The molecule has 100 valence electrons. The van der Waals surface area contributed by atoms with E-state index in [9.17, 15) is 5.11 Å². The lowest BCUT2D eigenvalue weighted by Crippen LogP contribution is -2.08. The summed E-state index contributed by atoms with van der Waals surface area (Å²) < 4.78 is 5.92. The van der Waals surface area contributed by atoms with Crippen LogP contribution in [0.15, 0.2) is 42.5 Å². The van der Waals surface area contributed by atoms with Crippen LogP contribution in [0, 0.1) is 6.92 Å². The van der Waals surface area contributed by atoms with Gasteiger partial charge in [0, 0.05) is 12.1 Å². The van der Waals surface area contributed by atoms with E-state index in [0.29, 0.717) is 6.61 Å². The molecule has 2 N–H and O–H groups in total. The summed E-state index contributed by atoms with van der Waals surface area (Å²) in [6.45, 7) is 3.33. The van der Waals surface area contributed by atoms with Gasteiger partial charge in [-0.05, 0) is 37.2 Å². The van der Waals surface area contributed by atoms with Gasteiger partial charge in [0.25, 0.3) is 0 Å². The normalized spacial score (nSPS) is 10.4. The molecule has 2 aromatic carbocycles. The average Bonchev–Trinajstić information content (AvgIpc) is 2.40. The third-order valence-corrected chi connectivity index (χ3v) is 2.98.